The summed E-state index contributed by atoms with van der Waals surface area (Å²) < 4.78 is 68.0. The minimum Gasteiger partial charge on any atom is -0.462 e. The van der Waals surface area contributed by atoms with E-state index in [2.05, 4.69) is 41.5 Å². The molecular formula is C65H126O17P2. The maximum absolute atomic E-state index is 13.0. The van der Waals surface area contributed by atoms with Crippen LogP contribution in [0.3, 0.4) is 0 Å². The molecule has 84 heavy (non-hydrogen) atoms. The molecular weight excluding hydrogens is 1110 g/mol. The molecule has 0 aliphatic heterocycles. The maximum Gasteiger partial charge on any atom is 0.472 e. The van der Waals surface area contributed by atoms with E-state index in [0.29, 0.717) is 25.7 Å². The molecule has 5 atom stereocenters. The molecule has 0 aromatic carbocycles. The number of hydrogen-bond acceptors (Lipinski definition) is 15. The normalized spacial score (nSPS) is 14.3. The van der Waals surface area contributed by atoms with E-state index in [0.717, 1.165) is 102 Å². The third-order valence-corrected chi connectivity index (χ3v) is 16.9. The van der Waals surface area contributed by atoms with Gasteiger partial charge in [0.1, 0.15) is 19.3 Å². The van der Waals surface area contributed by atoms with Gasteiger partial charge in [-0.15, -0.1) is 0 Å². The Morgan fingerprint density at radius 3 is 0.810 bits per heavy atom. The lowest BCUT2D eigenvalue weighted by atomic mass is 10.0. The van der Waals surface area contributed by atoms with E-state index < -0.39 is 97.5 Å². The molecule has 0 amide bonds. The molecule has 0 aliphatic carbocycles. The summed E-state index contributed by atoms with van der Waals surface area (Å²) in [5.41, 5.74) is 0. The summed E-state index contributed by atoms with van der Waals surface area (Å²) in [4.78, 5) is 72.2. The third-order valence-electron chi connectivity index (χ3n) is 15.0. The number of unbranched alkanes of at least 4 members (excludes halogenated alkanes) is 34. The number of esters is 4. The van der Waals surface area contributed by atoms with Crippen molar-refractivity contribution >= 4 is 39.5 Å². The standard InChI is InChI=1S/C65H126O17P2/c1-7-9-11-13-15-17-19-20-22-31-37-43-49-64(69)81-60(54-76-63(68)48-42-36-30-25-23-27-33-39-45-57(3)4)55-79-83(71,72)77-51-59(66)52-78-84(73,74)80-56-61(53-75-62(67)47-41-35-29-21-18-16-14-12-10-8-2)82-65(70)50-44-38-32-26-24-28-34-40-46-58(5)6/h57-61,66H,7-56H2,1-6H3,(H,71,72)(H,73,74)/t59-,60-,61-/m1/s1. The molecule has 0 radical (unpaired) electrons. The molecule has 0 aliphatic rings. The van der Waals surface area contributed by atoms with Crippen LogP contribution in [0.4, 0.5) is 0 Å². The number of rotatable bonds is 64. The van der Waals surface area contributed by atoms with Gasteiger partial charge in [0.15, 0.2) is 12.2 Å². The summed E-state index contributed by atoms with van der Waals surface area (Å²) in [5, 5.41) is 10.5. The fraction of sp³-hybridized carbons (Fsp3) is 0.938. The van der Waals surface area contributed by atoms with E-state index >= 15 is 0 Å². The highest BCUT2D eigenvalue weighted by atomic mass is 31.2. The summed E-state index contributed by atoms with van der Waals surface area (Å²) in [6, 6.07) is 0. The molecule has 0 rings (SSSR count). The Hall–Kier alpha value is -1.94. The van der Waals surface area contributed by atoms with Crippen molar-refractivity contribution in [2.75, 3.05) is 39.6 Å². The van der Waals surface area contributed by atoms with Crippen molar-refractivity contribution in [1.29, 1.82) is 0 Å². The molecule has 19 heteroatoms. The highest BCUT2D eigenvalue weighted by Crippen LogP contribution is 2.45. The Labute approximate surface area is 511 Å². The summed E-state index contributed by atoms with van der Waals surface area (Å²) in [7, 11) is -9.89. The lowest BCUT2D eigenvalue weighted by molar-refractivity contribution is -0.161. The van der Waals surface area contributed by atoms with Crippen LogP contribution in [0.15, 0.2) is 0 Å². The number of aliphatic hydroxyl groups excluding tert-OH is 1. The molecule has 17 nitrogen and oxygen atoms in total. The van der Waals surface area contributed by atoms with Gasteiger partial charge in [-0.2, -0.15) is 0 Å². The van der Waals surface area contributed by atoms with Crippen molar-refractivity contribution in [3.63, 3.8) is 0 Å². The van der Waals surface area contributed by atoms with Crippen LogP contribution >= 0.6 is 15.6 Å². The quantitative estimate of drug-likeness (QED) is 0.0222. The molecule has 0 saturated carbocycles. The lowest BCUT2D eigenvalue weighted by Crippen LogP contribution is -2.30. The number of hydrogen-bond donors (Lipinski definition) is 3. The molecule has 0 saturated heterocycles. The van der Waals surface area contributed by atoms with Crippen molar-refractivity contribution in [2.24, 2.45) is 11.8 Å². The van der Waals surface area contributed by atoms with Crippen LogP contribution < -0.4 is 0 Å². The van der Waals surface area contributed by atoms with Gasteiger partial charge in [-0.1, -0.05) is 273 Å². The second kappa shape index (κ2) is 57.5. The van der Waals surface area contributed by atoms with Crippen molar-refractivity contribution in [1.82, 2.24) is 0 Å². The second-order valence-electron chi connectivity index (χ2n) is 24.5. The van der Waals surface area contributed by atoms with E-state index in [1.807, 2.05) is 0 Å². The Bertz CT molecular complexity index is 1650. The van der Waals surface area contributed by atoms with E-state index in [4.69, 9.17) is 37.0 Å². The lowest BCUT2D eigenvalue weighted by Gasteiger charge is -2.21. The molecule has 0 spiro atoms. The van der Waals surface area contributed by atoms with Crippen LogP contribution in [-0.2, 0) is 65.4 Å². The zero-order valence-electron chi connectivity index (χ0n) is 54.2. The zero-order chi connectivity index (χ0) is 62.2. The van der Waals surface area contributed by atoms with E-state index in [1.54, 1.807) is 0 Å². The molecule has 0 aromatic rings. The minimum atomic E-state index is -4.94. The fourth-order valence-electron chi connectivity index (χ4n) is 9.71. The Morgan fingerprint density at radius 2 is 0.548 bits per heavy atom. The highest BCUT2D eigenvalue weighted by molar-refractivity contribution is 7.47. The average Bonchev–Trinajstić information content (AvgIpc) is 3.50. The summed E-state index contributed by atoms with van der Waals surface area (Å²) in [5.74, 6) is -0.688. The van der Waals surface area contributed by atoms with Crippen molar-refractivity contribution < 1.29 is 80.2 Å². The third kappa shape index (κ3) is 59.0. The predicted octanol–water partition coefficient (Wildman–Crippen LogP) is 18.0. The highest BCUT2D eigenvalue weighted by Gasteiger charge is 2.30. The maximum atomic E-state index is 13.0. The smallest absolute Gasteiger partial charge is 0.462 e. The van der Waals surface area contributed by atoms with Gasteiger partial charge in [-0.05, 0) is 37.5 Å². The monoisotopic (exact) mass is 1240 g/mol. The molecule has 2 unspecified atom stereocenters. The van der Waals surface area contributed by atoms with Gasteiger partial charge >= 0.3 is 39.5 Å². The first-order valence-electron chi connectivity index (χ1n) is 34.0. The second-order valence-corrected chi connectivity index (χ2v) is 27.4. The molecule has 0 heterocycles. The average molecular weight is 1240 g/mol. The summed E-state index contributed by atoms with van der Waals surface area (Å²) in [6.07, 6.45) is 40.3. The van der Waals surface area contributed by atoms with Crippen molar-refractivity contribution in [2.45, 2.75) is 342 Å². The first kappa shape index (κ1) is 82.1. The Balaban J connectivity index is 5.25. The zero-order valence-corrected chi connectivity index (χ0v) is 56.0. The van der Waals surface area contributed by atoms with Gasteiger partial charge in [0, 0.05) is 25.7 Å². The van der Waals surface area contributed by atoms with Crippen LogP contribution in [0, 0.1) is 11.8 Å². The number of carbonyl (C=O) groups is 4. The van der Waals surface area contributed by atoms with Crippen LogP contribution in [0.2, 0.25) is 0 Å². The van der Waals surface area contributed by atoms with Crippen LogP contribution in [-0.4, -0.2) is 96.7 Å². The summed E-state index contributed by atoms with van der Waals surface area (Å²) in [6.45, 7) is 9.42. The van der Waals surface area contributed by atoms with E-state index in [1.165, 1.54) is 141 Å². The van der Waals surface area contributed by atoms with Gasteiger partial charge in [0.05, 0.1) is 26.4 Å². The molecule has 3 N–H and O–H groups in total. The van der Waals surface area contributed by atoms with Gasteiger partial charge < -0.3 is 33.8 Å². The van der Waals surface area contributed by atoms with E-state index in [-0.39, 0.29) is 25.7 Å². The van der Waals surface area contributed by atoms with Crippen LogP contribution in [0.25, 0.3) is 0 Å². The summed E-state index contributed by atoms with van der Waals surface area (Å²) >= 11 is 0. The fourth-order valence-corrected chi connectivity index (χ4v) is 11.3. The van der Waals surface area contributed by atoms with Crippen molar-refractivity contribution in [3.8, 4) is 0 Å². The SMILES string of the molecule is CCCCCCCCCCCCCCC(=O)O[C@H](COC(=O)CCCCCCCCCCC(C)C)COP(=O)(O)OC[C@@H](O)COP(=O)(O)OC[C@@H](COC(=O)CCCCCCCCCCCC)OC(=O)CCCCCCCCCCC(C)C. The van der Waals surface area contributed by atoms with Crippen LogP contribution in [0.1, 0.15) is 324 Å². The predicted molar refractivity (Wildman–Crippen MR) is 335 cm³/mol. The number of phosphoric acid groups is 2. The first-order chi connectivity index (χ1) is 40.4. The van der Waals surface area contributed by atoms with Crippen molar-refractivity contribution in [3.05, 3.63) is 0 Å². The van der Waals surface area contributed by atoms with E-state index in [9.17, 15) is 43.2 Å². The number of phosphoric ester groups is 2. The minimum absolute atomic E-state index is 0.104. The van der Waals surface area contributed by atoms with Gasteiger partial charge in [0.25, 0.3) is 0 Å². The van der Waals surface area contributed by atoms with Crippen LogP contribution in [0.5, 0.6) is 0 Å². The molecule has 0 aromatic heterocycles. The van der Waals surface area contributed by atoms with Gasteiger partial charge in [0.2, 0.25) is 0 Å². The molecule has 0 bridgehead atoms. The first-order valence-corrected chi connectivity index (χ1v) is 37.0. The largest absolute Gasteiger partial charge is 0.472 e. The van der Waals surface area contributed by atoms with Gasteiger partial charge in [-0.25, -0.2) is 9.13 Å². The Morgan fingerprint density at radius 1 is 0.321 bits per heavy atom. The topological polar surface area (TPSA) is 237 Å². The number of ether oxygens (including phenoxy) is 4. The van der Waals surface area contributed by atoms with Gasteiger partial charge in [-0.3, -0.25) is 37.3 Å². The molecule has 498 valence electrons. The molecule has 0 fully saturated rings. The Kier molecular flexibility index (Phi) is 56.2. The number of carbonyl (C=O) groups excluding carboxylic acids is 4. The number of aliphatic hydroxyl groups is 1.